The van der Waals surface area contributed by atoms with E-state index in [2.05, 4.69) is 9.97 Å². The molecule has 0 spiro atoms. The van der Waals surface area contributed by atoms with Gasteiger partial charge in [-0.05, 0) is 19.1 Å². The Morgan fingerprint density at radius 2 is 2.14 bits per heavy atom. The standard InChI is InChI=1S/C15H19N3O4/c1-9(19)12-11(21-2)4-3-10-13(12)16-15(17-14(10)20)18-5-7-22-8-6-18/h3-4,9,19H,5-8H2,1-2H3,(H,16,17,20). The molecule has 1 aromatic heterocycles. The predicted octanol–water partition coefficient (Wildman–Crippen LogP) is 0.822. The van der Waals surface area contributed by atoms with Crippen LogP contribution in [0.5, 0.6) is 5.75 Å². The van der Waals surface area contributed by atoms with Crippen molar-refractivity contribution in [2.45, 2.75) is 13.0 Å². The second-order valence-corrected chi connectivity index (χ2v) is 5.24. The van der Waals surface area contributed by atoms with E-state index in [1.165, 1.54) is 7.11 Å². The van der Waals surface area contributed by atoms with E-state index in [0.29, 0.717) is 54.5 Å². The van der Waals surface area contributed by atoms with Crippen LogP contribution in [0.2, 0.25) is 0 Å². The number of benzene rings is 1. The molecule has 0 amide bonds. The van der Waals surface area contributed by atoms with Gasteiger partial charge in [0, 0.05) is 18.7 Å². The van der Waals surface area contributed by atoms with Crippen molar-refractivity contribution in [1.29, 1.82) is 0 Å². The number of aromatic nitrogens is 2. The van der Waals surface area contributed by atoms with Crippen LogP contribution in [0.15, 0.2) is 16.9 Å². The first-order chi connectivity index (χ1) is 10.6. The number of hydrogen-bond donors (Lipinski definition) is 2. The Kier molecular flexibility index (Phi) is 4.00. The molecule has 0 bridgehead atoms. The number of hydrogen-bond acceptors (Lipinski definition) is 6. The lowest BCUT2D eigenvalue weighted by molar-refractivity contribution is 0.122. The maximum absolute atomic E-state index is 12.3. The number of fused-ring (bicyclic) bond motifs is 1. The second kappa shape index (κ2) is 5.94. The number of ether oxygens (including phenoxy) is 2. The molecule has 1 aliphatic heterocycles. The molecule has 1 saturated heterocycles. The van der Waals surface area contributed by atoms with Gasteiger partial charge in [0.15, 0.2) is 0 Å². The Morgan fingerprint density at radius 1 is 1.41 bits per heavy atom. The van der Waals surface area contributed by atoms with E-state index in [9.17, 15) is 9.90 Å². The number of methoxy groups -OCH3 is 1. The van der Waals surface area contributed by atoms with Gasteiger partial charge in [-0.1, -0.05) is 0 Å². The molecule has 0 saturated carbocycles. The number of nitrogens with zero attached hydrogens (tertiary/aromatic N) is 2. The van der Waals surface area contributed by atoms with Crippen LogP contribution < -0.4 is 15.2 Å². The van der Waals surface area contributed by atoms with Crippen molar-refractivity contribution in [2.75, 3.05) is 38.3 Å². The van der Waals surface area contributed by atoms with Crippen LogP contribution in [0, 0.1) is 0 Å². The predicted molar refractivity (Wildman–Crippen MR) is 82.6 cm³/mol. The summed E-state index contributed by atoms with van der Waals surface area (Å²) in [4.78, 5) is 21.7. The van der Waals surface area contributed by atoms with E-state index in [1.54, 1.807) is 19.1 Å². The highest BCUT2D eigenvalue weighted by atomic mass is 16.5. The van der Waals surface area contributed by atoms with Gasteiger partial charge in [-0.25, -0.2) is 4.98 Å². The maximum Gasteiger partial charge on any atom is 0.260 e. The first-order valence-corrected chi connectivity index (χ1v) is 7.23. The third kappa shape index (κ3) is 2.53. The zero-order valence-corrected chi connectivity index (χ0v) is 12.6. The SMILES string of the molecule is COc1ccc2c(=O)[nH]c(N3CCOCC3)nc2c1C(C)O. The van der Waals surface area contributed by atoms with Crippen molar-refractivity contribution in [1.82, 2.24) is 9.97 Å². The summed E-state index contributed by atoms with van der Waals surface area (Å²) in [6, 6.07) is 3.34. The summed E-state index contributed by atoms with van der Waals surface area (Å²) >= 11 is 0. The molecule has 3 rings (SSSR count). The summed E-state index contributed by atoms with van der Waals surface area (Å²) in [6.45, 7) is 4.17. The maximum atomic E-state index is 12.3. The lowest BCUT2D eigenvalue weighted by atomic mass is 10.1. The molecular weight excluding hydrogens is 286 g/mol. The molecule has 2 heterocycles. The second-order valence-electron chi connectivity index (χ2n) is 5.24. The van der Waals surface area contributed by atoms with Crippen LogP contribution >= 0.6 is 0 Å². The summed E-state index contributed by atoms with van der Waals surface area (Å²) in [5.41, 5.74) is 0.774. The zero-order chi connectivity index (χ0) is 15.7. The van der Waals surface area contributed by atoms with Gasteiger partial charge in [0.25, 0.3) is 5.56 Å². The van der Waals surface area contributed by atoms with Gasteiger partial charge in [0.2, 0.25) is 5.95 Å². The van der Waals surface area contributed by atoms with Crippen LogP contribution in [0.4, 0.5) is 5.95 Å². The number of aliphatic hydroxyl groups is 1. The van der Waals surface area contributed by atoms with Gasteiger partial charge in [0.1, 0.15) is 5.75 Å². The molecule has 1 fully saturated rings. The molecule has 1 unspecified atom stereocenters. The van der Waals surface area contributed by atoms with Gasteiger partial charge in [0.05, 0.1) is 37.3 Å². The summed E-state index contributed by atoms with van der Waals surface area (Å²) in [7, 11) is 1.53. The number of anilines is 1. The van der Waals surface area contributed by atoms with Crippen molar-refractivity contribution < 1.29 is 14.6 Å². The summed E-state index contributed by atoms with van der Waals surface area (Å²) in [5, 5.41) is 10.5. The molecule has 2 N–H and O–H groups in total. The third-order valence-corrected chi connectivity index (χ3v) is 3.81. The average Bonchev–Trinajstić information content (AvgIpc) is 2.54. The molecule has 1 aliphatic rings. The van der Waals surface area contributed by atoms with Crippen LogP contribution in [0.25, 0.3) is 10.9 Å². The molecule has 2 aromatic rings. The van der Waals surface area contributed by atoms with E-state index in [0.717, 1.165) is 0 Å². The molecule has 7 nitrogen and oxygen atoms in total. The largest absolute Gasteiger partial charge is 0.496 e. The van der Waals surface area contributed by atoms with Crippen LogP contribution in [-0.4, -0.2) is 48.5 Å². The van der Waals surface area contributed by atoms with Crippen LogP contribution in [0.1, 0.15) is 18.6 Å². The van der Waals surface area contributed by atoms with Crippen molar-refractivity contribution in [3.05, 3.63) is 28.0 Å². The van der Waals surface area contributed by atoms with Crippen molar-refractivity contribution in [2.24, 2.45) is 0 Å². The number of rotatable bonds is 3. The highest BCUT2D eigenvalue weighted by molar-refractivity contribution is 5.84. The average molecular weight is 305 g/mol. The Balaban J connectivity index is 2.21. The zero-order valence-electron chi connectivity index (χ0n) is 12.6. The van der Waals surface area contributed by atoms with Crippen LogP contribution in [0.3, 0.4) is 0 Å². The quantitative estimate of drug-likeness (QED) is 0.873. The van der Waals surface area contributed by atoms with E-state index in [1.807, 2.05) is 4.90 Å². The molecule has 22 heavy (non-hydrogen) atoms. The molecule has 1 aromatic carbocycles. The van der Waals surface area contributed by atoms with Gasteiger partial charge < -0.3 is 19.5 Å². The van der Waals surface area contributed by atoms with Crippen molar-refractivity contribution >= 4 is 16.9 Å². The van der Waals surface area contributed by atoms with Gasteiger partial charge in [-0.2, -0.15) is 0 Å². The molecule has 118 valence electrons. The van der Waals surface area contributed by atoms with E-state index < -0.39 is 6.10 Å². The van der Waals surface area contributed by atoms with E-state index >= 15 is 0 Å². The highest BCUT2D eigenvalue weighted by Crippen LogP contribution is 2.31. The molecule has 7 heteroatoms. The topological polar surface area (TPSA) is 87.7 Å². The molecule has 0 aliphatic carbocycles. The van der Waals surface area contributed by atoms with E-state index in [-0.39, 0.29) is 5.56 Å². The molecule has 0 radical (unpaired) electrons. The Bertz CT molecular complexity index is 735. The minimum Gasteiger partial charge on any atom is -0.496 e. The molecular formula is C15H19N3O4. The van der Waals surface area contributed by atoms with Crippen LogP contribution in [-0.2, 0) is 4.74 Å². The summed E-state index contributed by atoms with van der Waals surface area (Å²) < 4.78 is 10.6. The Hall–Kier alpha value is -2.12. The first kappa shape index (κ1) is 14.8. The summed E-state index contributed by atoms with van der Waals surface area (Å²) in [5.74, 6) is 1.02. The van der Waals surface area contributed by atoms with E-state index in [4.69, 9.17) is 9.47 Å². The number of aliphatic hydroxyl groups excluding tert-OH is 1. The van der Waals surface area contributed by atoms with Gasteiger partial charge >= 0.3 is 0 Å². The Labute approximate surface area is 127 Å². The van der Waals surface area contributed by atoms with Gasteiger partial charge in [-0.3, -0.25) is 9.78 Å². The summed E-state index contributed by atoms with van der Waals surface area (Å²) in [6.07, 6.45) is -0.787. The Morgan fingerprint density at radius 3 is 2.77 bits per heavy atom. The van der Waals surface area contributed by atoms with Crippen molar-refractivity contribution in [3.63, 3.8) is 0 Å². The lowest BCUT2D eigenvalue weighted by Crippen LogP contribution is -2.38. The highest BCUT2D eigenvalue weighted by Gasteiger charge is 2.20. The molecule has 1 atom stereocenters. The van der Waals surface area contributed by atoms with Gasteiger partial charge in [-0.15, -0.1) is 0 Å². The third-order valence-electron chi connectivity index (χ3n) is 3.81. The normalized spacial score (nSPS) is 16.8. The van der Waals surface area contributed by atoms with Crippen molar-refractivity contribution in [3.8, 4) is 5.75 Å². The first-order valence-electron chi connectivity index (χ1n) is 7.23. The number of H-pyrrole nitrogens is 1. The smallest absolute Gasteiger partial charge is 0.260 e. The monoisotopic (exact) mass is 305 g/mol. The fraction of sp³-hybridized carbons (Fsp3) is 0.467. The fourth-order valence-electron chi connectivity index (χ4n) is 2.70. The minimum atomic E-state index is -0.787. The number of morpholine rings is 1. The minimum absolute atomic E-state index is 0.226. The lowest BCUT2D eigenvalue weighted by Gasteiger charge is -2.27. The fourth-order valence-corrected chi connectivity index (χ4v) is 2.70. The number of aromatic amines is 1. The number of nitrogens with one attached hydrogen (secondary N) is 1.